The number of hydrogen-bond donors (Lipinski definition) is 1. The predicted octanol–water partition coefficient (Wildman–Crippen LogP) is 0.456. The number of amides is 2. The molecule has 5 heteroatoms. The Hall–Kier alpha value is -0.770. The van der Waals surface area contributed by atoms with Gasteiger partial charge in [0, 0.05) is 20.0 Å². The fraction of sp³-hybridized carbons (Fsp3) is 0.778. The van der Waals surface area contributed by atoms with Crippen LogP contribution in [0.4, 0.5) is 0 Å². The Morgan fingerprint density at radius 3 is 2.29 bits per heavy atom. The van der Waals surface area contributed by atoms with E-state index in [-0.39, 0.29) is 24.2 Å². The lowest BCUT2D eigenvalue weighted by Gasteiger charge is -2.26. The van der Waals surface area contributed by atoms with Crippen molar-refractivity contribution in [3.05, 3.63) is 0 Å². The number of hydrogen-bond acceptors (Lipinski definition) is 2. The lowest BCUT2D eigenvalue weighted by Crippen LogP contribution is -2.44. The Morgan fingerprint density at radius 2 is 1.93 bits per heavy atom. The van der Waals surface area contributed by atoms with Gasteiger partial charge in [-0.25, -0.2) is 0 Å². The maximum absolute atomic E-state index is 11.7. The molecule has 0 aliphatic heterocycles. The van der Waals surface area contributed by atoms with Crippen LogP contribution in [0.1, 0.15) is 13.8 Å². The van der Waals surface area contributed by atoms with E-state index < -0.39 is 5.41 Å². The van der Waals surface area contributed by atoms with Gasteiger partial charge in [0.15, 0.2) is 0 Å². The Morgan fingerprint density at radius 1 is 1.43 bits per heavy atom. The molecular weight excluding hydrogens is 204 g/mol. The molecule has 4 nitrogen and oxygen atoms in total. The molecular formula is C9H17ClN2O2. The van der Waals surface area contributed by atoms with Crippen LogP contribution in [-0.2, 0) is 9.59 Å². The number of nitrogens with zero attached hydrogens (tertiary/aromatic N) is 1. The van der Waals surface area contributed by atoms with Crippen molar-refractivity contribution in [2.24, 2.45) is 5.41 Å². The van der Waals surface area contributed by atoms with Crippen LogP contribution < -0.4 is 5.32 Å². The van der Waals surface area contributed by atoms with E-state index in [0.717, 1.165) is 0 Å². The summed E-state index contributed by atoms with van der Waals surface area (Å²) in [6, 6.07) is 0. The first kappa shape index (κ1) is 13.2. The zero-order valence-electron chi connectivity index (χ0n) is 9.06. The highest BCUT2D eigenvalue weighted by Crippen LogP contribution is 2.19. The Labute approximate surface area is 89.6 Å². The molecule has 0 atom stereocenters. The molecule has 0 aromatic heterocycles. The first-order valence-electron chi connectivity index (χ1n) is 4.37. The van der Waals surface area contributed by atoms with E-state index in [4.69, 9.17) is 11.6 Å². The van der Waals surface area contributed by atoms with Crippen molar-refractivity contribution in [1.29, 1.82) is 0 Å². The van der Waals surface area contributed by atoms with Gasteiger partial charge in [0.1, 0.15) is 0 Å². The smallest absolute Gasteiger partial charge is 0.239 e. The first-order chi connectivity index (χ1) is 6.35. The van der Waals surface area contributed by atoms with Crippen molar-refractivity contribution in [3.8, 4) is 0 Å². The molecule has 0 aliphatic rings. The number of likely N-dealkylation sites (N-methyl/N-ethyl adjacent to an activating group) is 2. The van der Waals surface area contributed by atoms with E-state index in [0.29, 0.717) is 0 Å². The van der Waals surface area contributed by atoms with Crippen LogP contribution in [-0.4, -0.2) is 43.2 Å². The normalized spacial score (nSPS) is 10.9. The average molecular weight is 221 g/mol. The minimum atomic E-state index is -0.621. The van der Waals surface area contributed by atoms with Crippen LogP contribution >= 0.6 is 11.6 Å². The van der Waals surface area contributed by atoms with Crippen LogP contribution in [0.5, 0.6) is 0 Å². The quantitative estimate of drug-likeness (QED) is 0.700. The van der Waals surface area contributed by atoms with Gasteiger partial charge >= 0.3 is 0 Å². The molecule has 0 bridgehead atoms. The van der Waals surface area contributed by atoms with E-state index in [9.17, 15) is 9.59 Å². The first-order valence-corrected chi connectivity index (χ1v) is 4.90. The Kier molecular flexibility index (Phi) is 4.91. The van der Waals surface area contributed by atoms with Crippen molar-refractivity contribution in [1.82, 2.24) is 10.2 Å². The highest BCUT2D eigenvalue weighted by Gasteiger charge is 2.29. The predicted molar refractivity (Wildman–Crippen MR) is 56.2 cm³/mol. The van der Waals surface area contributed by atoms with Crippen LogP contribution in [0, 0.1) is 5.41 Å². The molecule has 0 aromatic carbocycles. The second-order valence-electron chi connectivity index (χ2n) is 3.85. The number of carbonyl (C=O) groups is 2. The van der Waals surface area contributed by atoms with Crippen LogP contribution in [0.3, 0.4) is 0 Å². The topological polar surface area (TPSA) is 49.4 Å². The largest absolute Gasteiger partial charge is 0.358 e. The molecule has 0 fully saturated rings. The standard InChI is InChI=1S/C9H17ClN2O2/c1-9(2,6-10)8(14)12(4)5-7(13)11-3/h5-6H2,1-4H3,(H,11,13). The van der Waals surface area contributed by atoms with Crippen molar-refractivity contribution in [3.63, 3.8) is 0 Å². The summed E-state index contributed by atoms with van der Waals surface area (Å²) in [5.74, 6) is -0.0773. The van der Waals surface area contributed by atoms with Gasteiger partial charge in [0.25, 0.3) is 0 Å². The van der Waals surface area contributed by atoms with Crippen molar-refractivity contribution in [2.75, 3.05) is 26.5 Å². The van der Waals surface area contributed by atoms with Gasteiger partial charge in [-0.3, -0.25) is 9.59 Å². The lowest BCUT2D eigenvalue weighted by molar-refractivity contribution is -0.140. The summed E-state index contributed by atoms with van der Waals surface area (Å²) >= 11 is 5.65. The molecule has 0 saturated heterocycles. The maximum atomic E-state index is 11.7. The van der Waals surface area contributed by atoms with E-state index in [1.54, 1.807) is 20.9 Å². The van der Waals surface area contributed by atoms with Gasteiger partial charge in [-0.15, -0.1) is 11.6 Å². The summed E-state index contributed by atoms with van der Waals surface area (Å²) in [7, 11) is 3.12. The van der Waals surface area contributed by atoms with Crippen LogP contribution in [0.15, 0.2) is 0 Å². The van der Waals surface area contributed by atoms with E-state index >= 15 is 0 Å². The molecule has 1 N–H and O–H groups in total. The third-order valence-corrected chi connectivity index (χ3v) is 2.59. The molecule has 0 rings (SSSR count). The molecule has 0 spiro atoms. The molecule has 0 radical (unpaired) electrons. The van der Waals surface area contributed by atoms with Crippen molar-refractivity contribution in [2.45, 2.75) is 13.8 Å². The van der Waals surface area contributed by atoms with E-state index in [2.05, 4.69) is 5.32 Å². The van der Waals surface area contributed by atoms with Gasteiger partial charge in [0.05, 0.1) is 12.0 Å². The minimum Gasteiger partial charge on any atom is -0.358 e. The van der Waals surface area contributed by atoms with Crippen LogP contribution in [0.25, 0.3) is 0 Å². The SMILES string of the molecule is CNC(=O)CN(C)C(=O)C(C)(C)CCl. The van der Waals surface area contributed by atoms with Gasteiger partial charge in [-0.05, 0) is 13.8 Å². The molecule has 0 aliphatic carbocycles. The summed E-state index contributed by atoms with van der Waals surface area (Å²) in [5, 5.41) is 2.45. The fourth-order valence-corrected chi connectivity index (χ4v) is 1.05. The second kappa shape index (κ2) is 5.20. The summed E-state index contributed by atoms with van der Waals surface area (Å²) < 4.78 is 0. The van der Waals surface area contributed by atoms with Crippen LogP contribution in [0.2, 0.25) is 0 Å². The van der Waals surface area contributed by atoms with Crippen molar-refractivity contribution < 1.29 is 9.59 Å². The van der Waals surface area contributed by atoms with E-state index in [1.165, 1.54) is 11.9 Å². The molecule has 82 valence electrons. The summed E-state index contributed by atoms with van der Waals surface area (Å²) in [5.41, 5.74) is -0.621. The highest BCUT2D eigenvalue weighted by molar-refractivity contribution is 6.19. The number of rotatable bonds is 4. The molecule has 0 aromatic rings. The highest BCUT2D eigenvalue weighted by atomic mass is 35.5. The number of carbonyl (C=O) groups excluding carboxylic acids is 2. The fourth-order valence-electron chi connectivity index (χ4n) is 0.940. The summed E-state index contributed by atoms with van der Waals surface area (Å²) in [6.45, 7) is 3.57. The molecule has 14 heavy (non-hydrogen) atoms. The number of alkyl halides is 1. The van der Waals surface area contributed by atoms with Gasteiger partial charge in [-0.2, -0.15) is 0 Å². The molecule has 2 amide bonds. The summed E-state index contributed by atoms with van der Waals surface area (Å²) in [6.07, 6.45) is 0. The van der Waals surface area contributed by atoms with Gasteiger partial charge in [0.2, 0.25) is 11.8 Å². The number of halogens is 1. The zero-order valence-corrected chi connectivity index (χ0v) is 9.81. The lowest BCUT2D eigenvalue weighted by atomic mass is 9.94. The molecule has 0 saturated carbocycles. The third-order valence-electron chi connectivity index (χ3n) is 1.92. The Bertz CT molecular complexity index is 229. The minimum absolute atomic E-state index is 0.0651. The van der Waals surface area contributed by atoms with Gasteiger partial charge < -0.3 is 10.2 Å². The molecule has 0 unspecified atom stereocenters. The maximum Gasteiger partial charge on any atom is 0.239 e. The molecule has 0 heterocycles. The summed E-state index contributed by atoms with van der Waals surface area (Å²) in [4.78, 5) is 24.1. The van der Waals surface area contributed by atoms with E-state index in [1.807, 2.05) is 0 Å². The van der Waals surface area contributed by atoms with Gasteiger partial charge in [-0.1, -0.05) is 0 Å². The third kappa shape index (κ3) is 3.54. The second-order valence-corrected chi connectivity index (χ2v) is 4.12. The van der Waals surface area contributed by atoms with Crippen molar-refractivity contribution >= 4 is 23.4 Å². The zero-order chi connectivity index (χ0) is 11.4. The number of nitrogens with one attached hydrogen (secondary N) is 1. The Balaban J connectivity index is 4.33. The monoisotopic (exact) mass is 220 g/mol. The average Bonchev–Trinajstić information content (AvgIpc) is 2.16.